The summed E-state index contributed by atoms with van der Waals surface area (Å²) in [5.74, 6) is -0.647. The number of hydrogen-bond acceptors (Lipinski definition) is 5. The van der Waals surface area contributed by atoms with Crippen molar-refractivity contribution in [2.24, 2.45) is 0 Å². The minimum absolute atomic E-state index is 0.134. The fourth-order valence-electron chi connectivity index (χ4n) is 1.63. The normalized spacial score (nSPS) is 10.9. The van der Waals surface area contributed by atoms with E-state index in [2.05, 4.69) is 15.0 Å². The molecule has 0 aliphatic rings. The highest BCUT2D eigenvalue weighted by Crippen LogP contribution is 2.22. The third-order valence-electron chi connectivity index (χ3n) is 2.46. The van der Waals surface area contributed by atoms with E-state index >= 15 is 0 Å². The number of hydrogen-bond donors (Lipinski definition) is 3. The van der Waals surface area contributed by atoms with E-state index in [1.54, 1.807) is 18.2 Å². The van der Waals surface area contributed by atoms with Gasteiger partial charge in [0.25, 0.3) is 5.91 Å². The molecular weight excluding hydrogens is 294 g/mol. The number of carbonyl (C=O) groups excluding carboxylic acids is 1. The maximum Gasteiger partial charge on any atom is 0.257 e. The van der Waals surface area contributed by atoms with E-state index in [9.17, 15) is 18.3 Å². The van der Waals surface area contributed by atoms with Crippen molar-refractivity contribution in [1.82, 2.24) is 4.98 Å². The van der Waals surface area contributed by atoms with Crippen molar-refractivity contribution < 1.29 is 18.3 Å². The summed E-state index contributed by atoms with van der Waals surface area (Å²) in [6.07, 6.45) is 3.52. The summed E-state index contributed by atoms with van der Waals surface area (Å²) in [5.41, 5.74) is 0.710. The van der Waals surface area contributed by atoms with Crippen molar-refractivity contribution in [3.8, 4) is 5.75 Å². The van der Waals surface area contributed by atoms with Gasteiger partial charge in [-0.1, -0.05) is 12.1 Å². The highest BCUT2D eigenvalue weighted by atomic mass is 32.2. The largest absolute Gasteiger partial charge is 0.506 e. The van der Waals surface area contributed by atoms with Crippen LogP contribution in [0.2, 0.25) is 0 Å². The van der Waals surface area contributed by atoms with Gasteiger partial charge in [-0.2, -0.15) is 0 Å². The van der Waals surface area contributed by atoms with Crippen LogP contribution in [0, 0.1) is 0 Å². The van der Waals surface area contributed by atoms with Crippen LogP contribution in [0.15, 0.2) is 42.7 Å². The predicted octanol–water partition coefficient (Wildman–Crippen LogP) is 1.41. The molecule has 0 radical (unpaired) electrons. The molecule has 0 spiro atoms. The van der Waals surface area contributed by atoms with Gasteiger partial charge in [0.2, 0.25) is 10.0 Å². The fraction of sp³-hybridized carbons (Fsp3) is 0.0769. The Morgan fingerprint density at radius 2 is 1.86 bits per heavy atom. The number of amides is 1. The molecule has 2 rings (SSSR count). The van der Waals surface area contributed by atoms with Gasteiger partial charge >= 0.3 is 0 Å². The monoisotopic (exact) mass is 307 g/mol. The highest BCUT2D eigenvalue weighted by molar-refractivity contribution is 7.92. The second kappa shape index (κ2) is 5.80. The highest BCUT2D eigenvalue weighted by Gasteiger charge is 2.12. The summed E-state index contributed by atoms with van der Waals surface area (Å²) in [5, 5.41) is 11.9. The summed E-state index contributed by atoms with van der Waals surface area (Å²) in [6, 6.07) is 7.64. The first-order valence-corrected chi connectivity index (χ1v) is 7.76. The first-order valence-electron chi connectivity index (χ1n) is 5.87. The van der Waals surface area contributed by atoms with Crippen LogP contribution >= 0.6 is 0 Å². The van der Waals surface area contributed by atoms with Crippen LogP contribution in [0.5, 0.6) is 5.75 Å². The molecule has 0 atom stereocenters. The summed E-state index contributed by atoms with van der Waals surface area (Å²) in [4.78, 5) is 15.8. The van der Waals surface area contributed by atoms with Gasteiger partial charge in [0, 0.05) is 6.20 Å². The van der Waals surface area contributed by atoms with E-state index in [0.29, 0.717) is 5.69 Å². The van der Waals surface area contributed by atoms with Gasteiger partial charge in [0.15, 0.2) is 0 Å². The standard InChI is InChI=1S/C13H13N3O4S/c1-21(19,20)16-12-5-3-2-4-11(12)15-13(18)9-6-10(17)8-14-7-9/h2-8,16-17H,1H3,(H,15,18). The Kier molecular flexibility index (Phi) is 4.08. The van der Waals surface area contributed by atoms with E-state index < -0.39 is 15.9 Å². The molecule has 1 aromatic carbocycles. The van der Waals surface area contributed by atoms with Gasteiger partial charge in [-0.25, -0.2) is 8.42 Å². The summed E-state index contributed by atoms with van der Waals surface area (Å²) < 4.78 is 24.9. The summed E-state index contributed by atoms with van der Waals surface area (Å²) >= 11 is 0. The average molecular weight is 307 g/mol. The number of nitrogens with zero attached hydrogens (tertiary/aromatic N) is 1. The number of aromatic nitrogens is 1. The first-order chi connectivity index (χ1) is 9.85. The minimum atomic E-state index is -3.46. The van der Waals surface area contributed by atoms with Gasteiger partial charge in [0.1, 0.15) is 5.75 Å². The van der Waals surface area contributed by atoms with Crippen molar-refractivity contribution in [3.05, 3.63) is 48.3 Å². The predicted molar refractivity (Wildman–Crippen MR) is 78.8 cm³/mol. The van der Waals surface area contributed by atoms with Crippen LogP contribution in [0.3, 0.4) is 0 Å². The van der Waals surface area contributed by atoms with E-state index in [4.69, 9.17) is 0 Å². The molecule has 2 aromatic rings. The van der Waals surface area contributed by atoms with Crippen LogP contribution in [-0.2, 0) is 10.0 Å². The van der Waals surface area contributed by atoms with Gasteiger partial charge in [-0.05, 0) is 18.2 Å². The molecule has 0 fully saturated rings. The number of pyridine rings is 1. The van der Waals surface area contributed by atoms with E-state index in [-0.39, 0.29) is 17.0 Å². The third kappa shape index (κ3) is 4.18. The fourth-order valence-corrected chi connectivity index (χ4v) is 2.20. The average Bonchev–Trinajstić information content (AvgIpc) is 2.39. The van der Waals surface area contributed by atoms with E-state index in [0.717, 1.165) is 6.26 Å². The van der Waals surface area contributed by atoms with Gasteiger partial charge in [-0.3, -0.25) is 14.5 Å². The molecule has 21 heavy (non-hydrogen) atoms. The lowest BCUT2D eigenvalue weighted by Crippen LogP contribution is -2.16. The van der Waals surface area contributed by atoms with Crippen LogP contribution in [-0.4, -0.2) is 30.7 Å². The molecule has 1 aromatic heterocycles. The Morgan fingerprint density at radius 1 is 1.19 bits per heavy atom. The molecule has 1 amide bonds. The lowest BCUT2D eigenvalue weighted by Gasteiger charge is -2.11. The second-order valence-corrected chi connectivity index (χ2v) is 6.05. The second-order valence-electron chi connectivity index (χ2n) is 4.31. The molecule has 0 bridgehead atoms. The zero-order valence-corrected chi connectivity index (χ0v) is 11.9. The van der Waals surface area contributed by atoms with Crippen LogP contribution in [0.1, 0.15) is 10.4 Å². The first kappa shape index (κ1) is 14.8. The lowest BCUT2D eigenvalue weighted by atomic mass is 10.2. The molecule has 0 aliphatic carbocycles. The number of anilines is 2. The Bertz CT molecular complexity index is 774. The smallest absolute Gasteiger partial charge is 0.257 e. The van der Waals surface area contributed by atoms with Crippen LogP contribution in [0.25, 0.3) is 0 Å². The molecule has 0 saturated heterocycles. The molecule has 8 heteroatoms. The molecule has 3 N–H and O–H groups in total. The molecule has 110 valence electrons. The molecule has 0 saturated carbocycles. The Morgan fingerprint density at radius 3 is 2.48 bits per heavy atom. The SMILES string of the molecule is CS(=O)(=O)Nc1ccccc1NC(=O)c1cncc(O)c1. The van der Waals surface area contributed by atoms with Crippen LogP contribution in [0.4, 0.5) is 11.4 Å². The van der Waals surface area contributed by atoms with E-state index in [1.807, 2.05) is 0 Å². The topological polar surface area (TPSA) is 108 Å². The Hall–Kier alpha value is -2.61. The van der Waals surface area contributed by atoms with Crippen LogP contribution < -0.4 is 10.0 Å². The molecule has 0 aliphatic heterocycles. The van der Waals surface area contributed by atoms with Crippen molar-refractivity contribution in [3.63, 3.8) is 0 Å². The number of aromatic hydroxyl groups is 1. The zero-order chi connectivity index (χ0) is 15.5. The Balaban J connectivity index is 2.26. The van der Waals surface area contributed by atoms with Gasteiger partial charge in [0.05, 0.1) is 29.4 Å². The molecule has 0 unspecified atom stereocenters. The molecular formula is C13H13N3O4S. The quantitative estimate of drug-likeness (QED) is 0.791. The zero-order valence-electron chi connectivity index (χ0n) is 11.1. The van der Waals surface area contributed by atoms with Crippen molar-refractivity contribution >= 4 is 27.3 Å². The molecule has 1 heterocycles. The van der Waals surface area contributed by atoms with Gasteiger partial charge < -0.3 is 10.4 Å². The van der Waals surface area contributed by atoms with E-state index in [1.165, 1.54) is 24.5 Å². The number of para-hydroxylation sites is 2. The van der Waals surface area contributed by atoms with Crippen molar-refractivity contribution in [1.29, 1.82) is 0 Å². The Labute approximate surface area is 121 Å². The van der Waals surface area contributed by atoms with Gasteiger partial charge in [-0.15, -0.1) is 0 Å². The summed E-state index contributed by atoms with van der Waals surface area (Å²) in [6.45, 7) is 0. The minimum Gasteiger partial charge on any atom is -0.506 e. The number of benzene rings is 1. The summed E-state index contributed by atoms with van der Waals surface area (Å²) in [7, 11) is -3.46. The third-order valence-corrected chi connectivity index (χ3v) is 3.05. The lowest BCUT2D eigenvalue weighted by molar-refractivity contribution is 0.102. The van der Waals surface area contributed by atoms with Crippen molar-refractivity contribution in [2.75, 3.05) is 16.3 Å². The number of nitrogens with one attached hydrogen (secondary N) is 2. The number of sulfonamides is 1. The number of carbonyl (C=O) groups is 1. The maximum absolute atomic E-state index is 12.0. The number of rotatable bonds is 4. The molecule has 7 nitrogen and oxygen atoms in total. The van der Waals surface area contributed by atoms with Crippen molar-refractivity contribution in [2.45, 2.75) is 0 Å². The maximum atomic E-state index is 12.0.